The van der Waals surface area contributed by atoms with E-state index < -0.39 is 36.2 Å². The number of fused-ring (bicyclic) bond motifs is 8. The van der Waals surface area contributed by atoms with E-state index in [2.05, 4.69) is 180 Å². The Kier molecular flexibility index (Phi) is 45.1. The minimum absolute atomic E-state index is 0. The number of ether oxygens (including phenoxy) is 5. The van der Waals surface area contributed by atoms with Crippen molar-refractivity contribution in [2.24, 2.45) is 76.9 Å². The normalized spacial score (nSPS) is 25.2. The van der Waals surface area contributed by atoms with Crippen molar-refractivity contribution in [1.82, 2.24) is 0 Å². The van der Waals surface area contributed by atoms with Gasteiger partial charge in [-0.2, -0.15) is 0 Å². The summed E-state index contributed by atoms with van der Waals surface area (Å²) in [6, 6.07) is 80.0. The van der Waals surface area contributed by atoms with Crippen LogP contribution in [0.25, 0.3) is 44.8 Å². The molecular formula is C132H178O10. The van der Waals surface area contributed by atoms with Crippen molar-refractivity contribution < 1.29 is 47.8 Å². The summed E-state index contributed by atoms with van der Waals surface area (Å²) in [5.74, 6) is 10.1. The lowest BCUT2D eigenvalue weighted by atomic mass is 9.71. The number of aryl methyl sites for hydroxylation is 2. The lowest BCUT2D eigenvalue weighted by Crippen LogP contribution is -2.34. The fourth-order valence-electron chi connectivity index (χ4n) is 24.7. The molecule has 10 nitrogen and oxygen atoms in total. The van der Waals surface area contributed by atoms with Crippen molar-refractivity contribution >= 4 is 51.6 Å². The Bertz CT molecular complexity index is 5210. The number of hydrogen-bond donors (Lipinski definition) is 0. The molecule has 2 aliphatic heterocycles. The topological polar surface area (TPSA) is 116 Å². The fourth-order valence-corrected chi connectivity index (χ4v) is 24.7. The van der Waals surface area contributed by atoms with Crippen LogP contribution >= 0.6 is 0 Å². The van der Waals surface area contributed by atoms with Crippen LogP contribution in [-0.2, 0) is 76.8 Å². The molecule has 0 aromatic heterocycles. The molecule has 2 heterocycles. The van der Waals surface area contributed by atoms with E-state index in [1.165, 1.54) is 266 Å². The second kappa shape index (κ2) is 56.8. The quantitative estimate of drug-likeness (QED) is 0.0112. The molecule has 0 N–H and O–H groups in total. The van der Waals surface area contributed by atoms with Crippen LogP contribution in [0.3, 0.4) is 0 Å². The van der Waals surface area contributed by atoms with Gasteiger partial charge in [0.05, 0.1) is 24.3 Å². The second-order valence-corrected chi connectivity index (χ2v) is 43.5. The Labute approximate surface area is 858 Å². The van der Waals surface area contributed by atoms with Crippen molar-refractivity contribution in [2.45, 2.75) is 347 Å². The molecule has 142 heavy (non-hydrogen) atoms. The molecule has 6 saturated carbocycles. The number of carbonyl (C=O) groups is 3. The summed E-state index contributed by atoms with van der Waals surface area (Å²) in [6.45, 7) is 12.7. The maximum Gasteiger partial charge on any atom is 0.338 e. The Morgan fingerprint density at radius 1 is 0.345 bits per heavy atom. The minimum atomic E-state index is -0.845. The molecule has 10 aromatic rings. The van der Waals surface area contributed by atoms with Crippen LogP contribution in [0.4, 0.5) is 0 Å². The Morgan fingerprint density at radius 2 is 0.676 bits per heavy atom. The summed E-state index contributed by atoms with van der Waals surface area (Å²) in [7, 11) is 0. The molecule has 0 bridgehead atoms. The first kappa shape index (κ1) is 113. The highest BCUT2D eigenvalue weighted by atomic mass is 17.2. The van der Waals surface area contributed by atoms with Gasteiger partial charge in [-0.15, -0.1) is 0 Å². The highest BCUT2D eigenvalue weighted by Crippen LogP contribution is 2.47. The first-order valence-electron chi connectivity index (χ1n) is 53.6. The third-order valence-corrected chi connectivity index (χ3v) is 33.2. The van der Waals surface area contributed by atoms with E-state index in [4.69, 9.17) is 33.5 Å². The average Bonchev–Trinajstić information content (AvgIpc) is 1.22. The molecule has 1 unspecified atom stereocenters. The Hall–Kier alpha value is -9.55. The van der Waals surface area contributed by atoms with Gasteiger partial charge in [-0.05, 0) is 311 Å². The molecule has 10 aromatic carbocycles. The fraction of sp³-hybridized carbons (Fsp3) is 0.523. The second-order valence-electron chi connectivity index (χ2n) is 43.5. The van der Waals surface area contributed by atoms with Gasteiger partial charge in [-0.1, -0.05) is 413 Å². The van der Waals surface area contributed by atoms with Crippen LogP contribution in [-0.4, -0.2) is 62.1 Å². The van der Waals surface area contributed by atoms with Gasteiger partial charge in [-0.3, -0.25) is 0 Å². The van der Waals surface area contributed by atoms with Crippen LogP contribution < -0.4 is 0 Å². The van der Waals surface area contributed by atoms with Gasteiger partial charge in [0.1, 0.15) is 24.9 Å². The van der Waals surface area contributed by atoms with Gasteiger partial charge in [0.25, 0.3) is 0 Å². The summed E-state index contributed by atoms with van der Waals surface area (Å²) >= 11 is 0. The maximum atomic E-state index is 13.7. The van der Waals surface area contributed by atoms with Crippen LogP contribution in [0.5, 0.6) is 0 Å². The van der Waals surface area contributed by atoms with E-state index in [1.807, 2.05) is 97.1 Å². The standard InChI is InChI=1S/C44H50O4.C42H52.C40H52O6.6CH4/c1-31-13-17-33(18-14-31)29-35-21-25-39(26-22-35)43(45)47-41(37-9-5-3-6-10-37)42(38-11-7-4-8-12-38)48-44(46)40-27-23-36(24-28-40)30-34-19-15-32(2)16-20-34;1-2-7-30-12-14-31(15-13-30)28-32-16-18-33(19-17-32)29-34-20-22-37-26-24-35-8-3-5-10-39(35)41(37)42-38(23-21-34)27-25-36-9-4-6-11-40(36)42;1-28-5-9-32(10-6-28)24-34-17-13-30(14-18-34)4-3-23-44-46-37-27-43-39-36(26-42-40(37)39)45-38(41)22-21-31-15-19-35(20-16-31)25-33-11-7-29(2)8-12-33;;;;;;/h3-12,21-28,31-34,41-42H,13-20,29-30H2,1-2H3;3-6,8-11,24-27,30-34H,2,7,12-23,28-29H2,1H3;3-4,13-22,28-29,32-33,36-37,39-40H,5-12,23-27H2,1-2H3;6*1H4/b;;4-3+,22-21-;;;;;;/t31?,32?,33?,34?,41-,42-;;28?,29?,32?,33?,36?,37-,39+,40+;;;;;;/m1.0....../s1. The summed E-state index contributed by atoms with van der Waals surface area (Å²) in [6.07, 6.45) is 52.7. The van der Waals surface area contributed by atoms with E-state index >= 15 is 0 Å². The van der Waals surface area contributed by atoms with Gasteiger partial charge in [0.2, 0.25) is 0 Å². The number of esters is 3. The first-order valence-corrected chi connectivity index (χ1v) is 53.6. The van der Waals surface area contributed by atoms with Gasteiger partial charge in [0.15, 0.2) is 18.3 Å². The molecule has 2 saturated heterocycles. The zero-order valence-corrected chi connectivity index (χ0v) is 82.4. The highest BCUT2D eigenvalue weighted by molar-refractivity contribution is 6.08. The number of benzene rings is 10. The molecule has 7 aliphatic carbocycles. The zero-order valence-electron chi connectivity index (χ0n) is 82.4. The number of carbonyl (C=O) groups excluding carboxylic acids is 3. The lowest BCUT2D eigenvalue weighted by molar-refractivity contribution is -0.326. The minimum Gasteiger partial charge on any atom is -0.454 e. The van der Waals surface area contributed by atoms with E-state index in [9.17, 15) is 14.4 Å². The van der Waals surface area contributed by atoms with Gasteiger partial charge >= 0.3 is 17.9 Å². The Morgan fingerprint density at radius 3 is 1.06 bits per heavy atom. The molecular weight excluding hydrogens is 1750 g/mol. The molecule has 6 atom stereocenters. The molecule has 0 spiro atoms. The molecule has 10 heteroatoms. The summed E-state index contributed by atoms with van der Waals surface area (Å²) < 4.78 is 30.0. The van der Waals surface area contributed by atoms with Gasteiger partial charge in [-0.25, -0.2) is 24.2 Å². The summed E-state index contributed by atoms with van der Waals surface area (Å²) in [5.41, 5.74) is 16.1. The smallest absolute Gasteiger partial charge is 0.338 e. The van der Waals surface area contributed by atoms with Crippen molar-refractivity contribution in [1.29, 1.82) is 0 Å². The van der Waals surface area contributed by atoms with Crippen molar-refractivity contribution in [3.8, 4) is 11.1 Å². The third-order valence-electron chi connectivity index (χ3n) is 33.2. The first-order chi connectivity index (χ1) is 66.6. The molecule has 9 aliphatic rings. The Balaban J connectivity index is 0.000000200. The van der Waals surface area contributed by atoms with Crippen LogP contribution in [0.2, 0.25) is 0 Å². The van der Waals surface area contributed by atoms with E-state index in [0.29, 0.717) is 36.2 Å². The van der Waals surface area contributed by atoms with E-state index in [0.717, 1.165) is 107 Å². The SMILES string of the molecule is C.C.C.C.C.C.CC1CCC(Cc2ccc(/C=C\C(=O)OC3CO[C@@H]4[C@@H](OOC/C=C/c5ccc(CC6CCC(C)CC6)cc5)CO[C@H]34)cc2)CC1.CC1CCC(Cc2ccc(C(=O)O[C@H](c3ccccc3)[C@H](OC(=O)c3ccc(CC4CCC(C)CC4)cc3)c3ccccc3)cc2)CC1.CCCC1CCC(CC2CCC(CC3CCc4ccc5ccccc5c4-c4c(ccc5ccccc45)CC3)CC2)CC1. The maximum absolute atomic E-state index is 13.7. The van der Waals surface area contributed by atoms with Crippen LogP contribution in [0, 0.1) is 76.9 Å². The van der Waals surface area contributed by atoms with Crippen LogP contribution in [0.15, 0.2) is 243 Å². The van der Waals surface area contributed by atoms with E-state index in [1.54, 1.807) is 23.6 Å². The van der Waals surface area contributed by atoms with Crippen molar-refractivity contribution in [2.75, 3.05) is 19.8 Å². The van der Waals surface area contributed by atoms with Crippen molar-refractivity contribution in [3.63, 3.8) is 0 Å². The molecule has 0 amide bonds. The van der Waals surface area contributed by atoms with Gasteiger partial charge < -0.3 is 23.7 Å². The average molecular weight is 1920 g/mol. The molecule has 0 radical (unpaired) electrons. The monoisotopic (exact) mass is 1920 g/mol. The van der Waals surface area contributed by atoms with Gasteiger partial charge in [0, 0.05) is 6.08 Å². The molecule has 8 fully saturated rings. The number of rotatable bonds is 29. The third kappa shape index (κ3) is 31.7. The summed E-state index contributed by atoms with van der Waals surface area (Å²) in [5, 5.41) is 5.61. The van der Waals surface area contributed by atoms with E-state index in [-0.39, 0.29) is 69.5 Å². The molecule has 766 valence electrons. The molecule has 19 rings (SSSR count). The largest absolute Gasteiger partial charge is 0.454 e. The zero-order chi connectivity index (χ0) is 93.3. The number of hydrogen-bond acceptors (Lipinski definition) is 10. The summed E-state index contributed by atoms with van der Waals surface area (Å²) in [4.78, 5) is 51.1. The highest BCUT2D eigenvalue weighted by Gasteiger charge is 2.51. The lowest BCUT2D eigenvalue weighted by Gasteiger charge is -2.35. The van der Waals surface area contributed by atoms with Crippen LogP contribution in [0.1, 0.15) is 360 Å². The predicted octanol–water partition coefficient (Wildman–Crippen LogP) is 35.3. The predicted molar refractivity (Wildman–Crippen MR) is 595 cm³/mol. The van der Waals surface area contributed by atoms with Crippen molar-refractivity contribution in [3.05, 3.63) is 309 Å².